The fourth-order valence-corrected chi connectivity index (χ4v) is 24.6. The van der Waals surface area contributed by atoms with E-state index in [4.69, 9.17) is 14.0 Å². The van der Waals surface area contributed by atoms with Gasteiger partial charge in [0.1, 0.15) is 0 Å². The first kappa shape index (κ1) is 74.6. The molecule has 2 aliphatic carbocycles. The zero-order chi connectivity index (χ0) is 72.0. The van der Waals surface area contributed by atoms with E-state index in [1.54, 1.807) is 0 Å². The first-order valence-corrected chi connectivity index (χ1v) is 41.7. The molecule has 105 heavy (non-hydrogen) atoms. The number of halogens is 1. The van der Waals surface area contributed by atoms with Gasteiger partial charge < -0.3 is 14.0 Å². The van der Waals surface area contributed by atoms with Gasteiger partial charge in [0.25, 0.3) is 0 Å². The Balaban J connectivity index is 0.000000176. The van der Waals surface area contributed by atoms with Gasteiger partial charge in [-0.15, -0.1) is 27.0 Å². The van der Waals surface area contributed by atoms with E-state index in [1.165, 1.54) is 164 Å². The number of benzene rings is 14. The summed E-state index contributed by atoms with van der Waals surface area (Å²) in [5, 5.41) is 19.2. The third kappa shape index (κ3) is 16.6. The zero-order valence-electron chi connectivity index (χ0n) is 60.2. The monoisotopic (exact) mass is 1540 g/mol. The Hall–Kier alpha value is -8.67. The molecule has 0 fully saturated rings. The standard InChI is InChI=1S/2C48H41P2.ClO3.Rh/c2*1-33-13-23-39(24-14-33)49(40-25-15-34(2)16-26-40)45-31-21-37-9-5-7-11-43(37)47(45)48-44-12-8-6-10-38(44)22-32-46(48)50(41-27-17-35(3)18-28-41)42-29-19-36(4)20-30-42;2-1(3)4;/h2*5-32,47H,1-4H3;;/q3*-1;+2. The zero-order valence-corrected chi connectivity index (χ0v) is 66.2. The van der Waals surface area contributed by atoms with Crippen molar-refractivity contribution >= 4 is 118 Å². The third-order valence-electron chi connectivity index (χ3n) is 19.9. The van der Waals surface area contributed by atoms with Crippen LogP contribution in [0, 0.1) is 77.5 Å². The Labute approximate surface area is 641 Å². The average Bonchev–Trinajstić information content (AvgIpc) is 0.739. The molecule has 14 aromatic rings. The second-order valence-corrected chi connectivity index (χ2v) is 36.5. The van der Waals surface area contributed by atoms with Crippen molar-refractivity contribution in [2.75, 3.05) is 0 Å². The number of fused-ring (bicyclic) bond motifs is 4. The van der Waals surface area contributed by atoms with Crippen molar-refractivity contribution in [1.29, 1.82) is 0 Å². The predicted octanol–water partition coefficient (Wildman–Crippen LogP) is 17.7. The Morgan fingerprint density at radius 3 is 0.762 bits per heavy atom. The van der Waals surface area contributed by atoms with Crippen LogP contribution in [0.1, 0.15) is 89.7 Å². The van der Waals surface area contributed by atoms with Gasteiger partial charge in [-0.25, -0.2) is 24.3 Å². The molecule has 2 aliphatic rings. The molecule has 0 N–H and O–H groups in total. The molecule has 0 bridgehead atoms. The van der Waals surface area contributed by atoms with Gasteiger partial charge in [0.15, 0.2) is 0 Å². The molecule has 0 heterocycles. The van der Waals surface area contributed by atoms with Gasteiger partial charge in [-0.1, -0.05) is 371 Å². The first-order valence-electron chi connectivity index (χ1n) is 35.4. The van der Waals surface area contributed by atoms with Crippen molar-refractivity contribution in [3.05, 3.63) is 417 Å². The first-order chi connectivity index (χ1) is 50.6. The van der Waals surface area contributed by atoms with Crippen LogP contribution in [0.25, 0.3) is 33.7 Å². The third-order valence-corrected chi connectivity index (χ3v) is 30.0. The Morgan fingerprint density at radius 1 is 0.267 bits per heavy atom. The summed E-state index contributed by atoms with van der Waals surface area (Å²) < 4.78 is 25.2. The van der Waals surface area contributed by atoms with Gasteiger partial charge in [0.05, 0.1) is 10.8 Å². The van der Waals surface area contributed by atoms with Crippen molar-refractivity contribution in [3.8, 4) is 0 Å². The Kier molecular flexibility index (Phi) is 24.0. The second kappa shape index (κ2) is 33.8. The summed E-state index contributed by atoms with van der Waals surface area (Å²) in [6, 6.07) is 120. The van der Waals surface area contributed by atoms with Gasteiger partial charge >= 0.3 is 19.5 Å². The molecule has 521 valence electrons. The largest absolute Gasteiger partial charge is 2.00 e. The van der Waals surface area contributed by atoms with Crippen molar-refractivity contribution in [2.24, 2.45) is 0 Å². The average molecular weight is 1550 g/mol. The van der Waals surface area contributed by atoms with Crippen LogP contribution < -0.4 is 67.0 Å². The van der Waals surface area contributed by atoms with E-state index in [9.17, 15) is 0 Å². The van der Waals surface area contributed by atoms with Gasteiger partial charge in [0, 0.05) is 0 Å². The maximum Gasteiger partial charge on any atom is 2.00 e. The van der Waals surface area contributed by atoms with Crippen LogP contribution >= 0.6 is 31.7 Å². The second-order valence-electron chi connectivity index (χ2n) is 27.3. The molecule has 0 aliphatic heterocycles. The summed E-state index contributed by atoms with van der Waals surface area (Å²) >= 11 is 0. The van der Waals surface area contributed by atoms with Crippen molar-refractivity contribution in [1.82, 2.24) is 0 Å². The van der Waals surface area contributed by atoms with E-state index >= 15 is 0 Å². The molecule has 3 nitrogen and oxygen atoms in total. The van der Waals surface area contributed by atoms with Gasteiger partial charge in [-0.2, -0.15) is 11.3 Å². The molecular formula is C96H82ClO3P4Rh-. The topological polar surface area (TPSA) is 69.2 Å². The minimum absolute atomic E-state index is 0. The maximum absolute atomic E-state index is 8.41. The molecular weight excluding hydrogens is 1460 g/mol. The van der Waals surface area contributed by atoms with E-state index in [0.717, 1.165) is 0 Å². The summed E-state index contributed by atoms with van der Waals surface area (Å²) in [7, 11) is -6.28. The molecule has 2 unspecified atom stereocenters. The van der Waals surface area contributed by atoms with Crippen LogP contribution in [-0.2, 0) is 19.5 Å². The fourth-order valence-electron chi connectivity index (χ4n) is 14.6. The van der Waals surface area contributed by atoms with Gasteiger partial charge in [-0.05, 0) is 169 Å². The quantitative estimate of drug-likeness (QED) is 0.0619. The molecule has 0 saturated heterocycles. The van der Waals surface area contributed by atoms with E-state index in [0.29, 0.717) is 0 Å². The normalized spacial score (nSPS) is 13.7. The molecule has 0 aromatic heterocycles. The van der Waals surface area contributed by atoms with Crippen LogP contribution in [0.3, 0.4) is 0 Å². The van der Waals surface area contributed by atoms with E-state index in [1.807, 2.05) is 0 Å². The minimum atomic E-state index is -2.85. The van der Waals surface area contributed by atoms with Crippen LogP contribution in [0.4, 0.5) is 0 Å². The number of hydrogen-bond donors (Lipinski definition) is 0. The van der Waals surface area contributed by atoms with E-state index in [2.05, 4.69) is 395 Å². The predicted molar refractivity (Wildman–Crippen MR) is 442 cm³/mol. The number of hydrogen-bond acceptors (Lipinski definition) is 3. The van der Waals surface area contributed by atoms with Gasteiger partial charge in [0.2, 0.25) is 0 Å². The Morgan fingerprint density at radius 2 is 0.495 bits per heavy atom. The van der Waals surface area contributed by atoms with Crippen LogP contribution in [0.2, 0.25) is 0 Å². The fraction of sp³-hybridized carbons (Fsp3) is 0.104. The van der Waals surface area contributed by atoms with Crippen molar-refractivity contribution in [3.63, 3.8) is 0 Å². The van der Waals surface area contributed by atoms with Crippen molar-refractivity contribution < 1.29 is 44.2 Å². The molecule has 0 amide bonds. The molecule has 2 atom stereocenters. The van der Waals surface area contributed by atoms with E-state index < -0.39 is 42.5 Å². The summed E-state index contributed by atoms with van der Waals surface area (Å²) in [5.74, 6) is 0.152. The Bertz CT molecular complexity index is 4840. The molecule has 14 aromatic carbocycles. The molecule has 1 radical (unpaired) electrons. The SMILES string of the molecule is Cc1ccc(P(c2ccc(C)cc2)c2ccc3ccccc3c2C2c3ccccc3C=C[C-]2P(c2ccc(C)cc2)c2ccc(C)cc2)cc1.Cc1ccc(P(c2ccc(C)cc2)c2ccc3ccccc3c2C2c3ccccc3C=C[C-]2P(c2ccc(C)cc2)c2ccc(C)cc2)cc1.[O-][Cl+2]([O-])[O-].[Rh+2]. The molecule has 0 saturated carbocycles. The minimum Gasteiger partial charge on any atom is -0.357 e. The summed E-state index contributed by atoms with van der Waals surface area (Å²) in [6.07, 6.45) is 9.69. The van der Waals surface area contributed by atoms with E-state index in [-0.39, 0.29) is 31.3 Å². The summed E-state index contributed by atoms with van der Waals surface area (Å²) in [4.78, 5) is 0. The van der Waals surface area contributed by atoms with Crippen LogP contribution in [0.5, 0.6) is 0 Å². The molecule has 9 heteroatoms. The van der Waals surface area contributed by atoms with Gasteiger partial charge in [-0.3, -0.25) is 0 Å². The van der Waals surface area contributed by atoms with Crippen LogP contribution in [0.15, 0.2) is 328 Å². The number of allylic oxidation sites excluding steroid dienone is 2. The smallest absolute Gasteiger partial charge is 0.357 e. The number of rotatable bonds is 14. The summed E-state index contributed by atoms with van der Waals surface area (Å²) in [5.41, 5.74) is 21.5. The molecule has 16 rings (SSSR count). The summed E-state index contributed by atoms with van der Waals surface area (Å²) in [6.45, 7) is 17.5. The maximum atomic E-state index is 8.41. The number of aryl methyl sites for hydroxylation is 8. The van der Waals surface area contributed by atoms with Crippen molar-refractivity contribution in [2.45, 2.75) is 67.2 Å². The molecule has 0 spiro atoms. The van der Waals surface area contributed by atoms with Crippen LogP contribution in [-0.4, -0.2) is 0 Å².